The third-order valence-corrected chi connectivity index (χ3v) is 6.24. The SMILES string of the molecule is COC(=O)[C@@]1([C@@H](O)CC(C)C)CN1n1c(C(C)C(C)(C)C)nc2ccccc2c1=O. The minimum absolute atomic E-state index is 0.0759. The van der Waals surface area contributed by atoms with Gasteiger partial charge in [0, 0.05) is 5.92 Å². The second-order valence-corrected chi connectivity index (χ2v) is 9.81. The molecule has 0 aliphatic carbocycles. The van der Waals surface area contributed by atoms with Gasteiger partial charge in [0.15, 0.2) is 5.54 Å². The minimum Gasteiger partial charge on any atom is -0.467 e. The summed E-state index contributed by atoms with van der Waals surface area (Å²) in [5.74, 6) is 0.148. The van der Waals surface area contributed by atoms with Crippen LogP contribution in [0.25, 0.3) is 10.9 Å². The van der Waals surface area contributed by atoms with E-state index in [0.29, 0.717) is 23.1 Å². The average Bonchev–Trinajstić information content (AvgIpc) is 3.42. The highest BCUT2D eigenvalue weighted by molar-refractivity contribution is 5.90. The molecular weight excluding hydrogens is 382 g/mol. The summed E-state index contributed by atoms with van der Waals surface area (Å²) in [6.45, 7) is 12.5. The zero-order valence-electron chi connectivity index (χ0n) is 19.0. The van der Waals surface area contributed by atoms with Crippen LogP contribution in [-0.4, -0.2) is 46.0 Å². The molecule has 0 spiro atoms. The standard InChI is InChI=1S/C23H33N3O4/c1-14(2)12-18(27)23(21(29)30-7)13-25(23)26-19(15(3)22(4,5)6)24-17-11-9-8-10-16(17)20(26)28/h8-11,14-15,18,27H,12-13H2,1-7H3/t15?,18-,23-,25?/m0/s1. The van der Waals surface area contributed by atoms with Crippen molar-refractivity contribution in [3.05, 3.63) is 40.4 Å². The van der Waals surface area contributed by atoms with Crippen molar-refractivity contribution in [2.75, 3.05) is 18.7 Å². The summed E-state index contributed by atoms with van der Waals surface area (Å²) in [5.41, 5.74) is -1.06. The lowest BCUT2D eigenvalue weighted by atomic mass is 9.81. The number of para-hydroxylation sites is 1. The normalized spacial score (nSPS) is 21.0. The second-order valence-electron chi connectivity index (χ2n) is 9.81. The van der Waals surface area contributed by atoms with Crippen LogP contribution in [0, 0.1) is 11.3 Å². The van der Waals surface area contributed by atoms with E-state index in [-0.39, 0.29) is 29.4 Å². The fourth-order valence-corrected chi connectivity index (χ4v) is 3.89. The van der Waals surface area contributed by atoms with Crippen LogP contribution in [0.4, 0.5) is 0 Å². The maximum absolute atomic E-state index is 13.6. The van der Waals surface area contributed by atoms with Gasteiger partial charge in [-0.1, -0.05) is 53.7 Å². The van der Waals surface area contributed by atoms with E-state index in [9.17, 15) is 14.7 Å². The molecule has 1 aromatic heterocycles. The number of carbonyl (C=O) groups excluding carboxylic acids is 1. The van der Waals surface area contributed by atoms with E-state index in [1.165, 1.54) is 11.8 Å². The van der Waals surface area contributed by atoms with Gasteiger partial charge in [0.1, 0.15) is 5.82 Å². The van der Waals surface area contributed by atoms with Crippen molar-refractivity contribution in [3.63, 3.8) is 0 Å². The largest absolute Gasteiger partial charge is 0.467 e. The van der Waals surface area contributed by atoms with Gasteiger partial charge < -0.3 is 9.84 Å². The van der Waals surface area contributed by atoms with Crippen molar-refractivity contribution in [3.8, 4) is 0 Å². The van der Waals surface area contributed by atoms with Crippen LogP contribution in [0.2, 0.25) is 0 Å². The van der Waals surface area contributed by atoms with Crippen molar-refractivity contribution in [1.29, 1.82) is 0 Å². The molecule has 2 aromatic rings. The number of hydrogen-bond donors (Lipinski definition) is 1. The summed E-state index contributed by atoms with van der Waals surface area (Å²) >= 11 is 0. The van der Waals surface area contributed by atoms with Crippen LogP contribution in [0.3, 0.4) is 0 Å². The van der Waals surface area contributed by atoms with Gasteiger partial charge in [-0.2, -0.15) is 0 Å². The van der Waals surface area contributed by atoms with Gasteiger partial charge in [0.25, 0.3) is 5.56 Å². The van der Waals surface area contributed by atoms with Crippen LogP contribution in [0.5, 0.6) is 0 Å². The van der Waals surface area contributed by atoms with Crippen molar-refractivity contribution in [2.24, 2.45) is 11.3 Å². The first-order valence-corrected chi connectivity index (χ1v) is 10.5. The Morgan fingerprint density at radius 2 is 1.90 bits per heavy atom. The predicted octanol–water partition coefficient (Wildman–Crippen LogP) is 2.82. The lowest BCUT2D eigenvalue weighted by Gasteiger charge is -2.31. The van der Waals surface area contributed by atoms with E-state index in [4.69, 9.17) is 9.72 Å². The lowest BCUT2D eigenvalue weighted by Crippen LogP contribution is -2.49. The Morgan fingerprint density at radius 3 is 2.47 bits per heavy atom. The van der Waals surface area contributed by atoms with Crippen molar-refractivity contribution in [1.82, 2.24) is 9.66 Å². The highest BCUT2D eigenvalue weighted by Gasteiger charge is 2.66. The third kappa shape index (κ3) is 3.60. The number of carbonyl (C=O) groups is 1. The lowest BCUT2D eigenvalue weighted by molar-refractivity contribution is -0.146. The maximum atomic E-state index is 13.6. The highest BCUT2D eigenvalue weighted by Crippen LogP contribution is 2.40. The van der Waals surface area contributed by atoms with Crippen molar-refractivity contribution < 1.29 is 14.6 Å². The molecule has 0 amide bonds. The summed E-state index contributed by atoms with van der Waals surface area (Å²) < 4.78 is 6.55. The molecule has 3 rings (SSSR count). The fourth-order valence-electron chi connectivity index (χ4n) is 3.89. The molecule has 7 nitrogen and oxygen atoms in total. The van der Waals surface area contributed by atoms with Crippen LogP contribution in [0.1, 0.15) is 59.7 Å². The highest BCUT2D eigenvalue weighted by atomic mass is 16.5. The molecule has 1 aromatic carbocycles. The van der Waals surface area contributed by atoms with E-state index in [1.54, 1.807) is 17.1 Å². The molecule has 1 saturated heterocycles. The average molecular weight is 416 g/mol. The number of hydrogen-bond acceptors (Lipinski definition) is 6. The van der Waals surface area contributed by atoms with Gasteiger partial charge >= 0.3 is 5.97 Å². The van der Waals surface area contributed by atoms with E-state index in [2.05, 4.69) is 20.8 Å². The molecule has 3 atom stereocenters. The van der Waals surface area contributed by atoms with Gasteiger partial charge in [-0.15, -0.1) is 0 Å². The molecular formula is C23H33N3O4. The maximum Gasteiger partial charge on any atom is 0.337 e. The Bertz CT molecular complexity index is 1010. The van der Waals surface area contributed by atoms with Crippen LogP contribution in [0.15, 0.2) is 29.1 Å². The Kier molecular flexibility index (Phi) is 5.71. The van der Waals surface area contributed by atoms with Crippen molar-refractivity contribution in [2.45, 2.75) is 65.5 Å². The monoisotopic (exact) mass is 415 g/mol. The molecule has 30 heavy (non-hydrogen) atoms. The predicted molar refractivity (Wildman–Crippen MR) is 117 cm³/mol. The summed E-state index contributed by atoms with van der Waals surface area (Å²) in [6.07, 6.45) is -0.535. The number of aromatic nitrogens is 2. The summed E-state index contributed by atoms with van der Waals surface area (Å²) in [6, 6.07) is 7.21. The Hall–Kier alpha value is -2.41. The molecule has 0 bridgehead atoms. The van der Waals surface area contributed by atoms with Gasteiger partial charge in [-0.3, -0.25) is 9.80 Å². The van der Waals surface area contributed by atoms with Crippen molar-refractivity contribution >= 4 is 16.9 Å². The topological polar surface area (TPSA) is 84.4 Å². The van der Waals surface area contributed by atoms with E-state index in [0.717, 1.165) is 0 Å². The Balaban J connectivity index is 2.23. The minimum atomic E-state index is -1.28. The summed E-state index contributed by atoms with van der Waals surface area (Å²) in [5, 5.41) is 13.1. The van der Waals surface area contributed by atoms with Gasteiger partial charge in [0.05, 0.1) is 30.7 Å². The smallest absolute Gasteiger partial charge is 0.337 e. The number of rotatable bonds is 6. The molecule has 0 saturated carbocycles. The molecule has 7 heteroatoms. The first-order valence-electron chi connectivity index (χ1n) is 10.5. The van der Waals surface area contributed by atoms with Gasteiger partial charge in [0.2, 0.25) is 0 Å². The number of esters is 1. The van der Waals surface area contributed by atoms with Crippen LogP contribution in [-0.2, 0) is 9.53 Å². The first kappa shape index (κ1) is 22.3. The van der Waals surface area contributed by atoms with Gasteiger partial charge in [-0.25, -0.2) is 14.5 Å². The van der Waals surface area contributed by atoms with E-state index >= 15 is 0 Å². The zero-order valence-corrected chi connectivity index (χ0v) is 19.0. The zero-order chi connectivity index (χ0) is 22.4. The molecule has 1 unspecified atom stereocenters. The second kappa shape index (κ2) is 7.69. The first-order chi connectivity index (χ1) is 13.9. The number of fused-ring (bicyclic) bond motifs is 1. The molecule has 0 radical (unpaired) electrons. The Labute approximate surface area is 177 Å². The summed E-state index contributed by atoms with van der Waals surface area (Å²) in [7, 11) is 1.31. The molecule has 2 heterocycles. The molecule has 1 fully saturated rings. The molecule has 1 N–H and O–H groups in total. The van der Waals surface area contributed by atoms with Crippen LogP contribution >= 0.6 is 0 Å². The summed E-state index contributed by atoms with van der Waals surface area (Å²) in [4.78, 5) is 31.2. The quantitative estimate of drug-likeness (QED) is 0.577. The van der Waals surface area contributed by atoms with E-state index < -0.39 is 17.6 Å². The molecule has 1 aliphatic rings. The van der Waals surface area contributed by atoms with Gasteiger partial charge in [-0.05, 0) is 29.9 Å². The fraction of sp³-hybridized carbons (Fsp3) is 0.609. The van der Waals surface area contributed by atoms with E-state index in [1.807, 2.05) is 32.9 Å². The number of ether oxygens (including phenoxy) is 1. The number of benzene rings is 1. The number of aliphatic hydroxyl groups excluding tert-OH is 1. The van der Waals surface area contributed by atoms with Crippen LogP contribution < -0.4 is 10.6 Å². The third-order valence-electron chi connectivity index (χ3n) is 6.24. The number of nitrogens with zero attached hydrogens (tertiary/aromatic N) is 3. The number of methoxy groups -OCH3 is 1. The molecule has 1 aliphatic heterocycles. The molecule has 164 valence electrons. The number of aliphatic hydroxyl groups is 1. The Morgan fingerprint density at radius 1 is 1.27 bits per heavy atom.